The van der Waals surface area contributed by atoms with Gasteiger partial charge in [0.05, 0.1) is 19.5 Å². The van der Waals surface area contributed by atoms with Gasteiger partial charge in [0.25, 0.3) is 0 Å². The lowest BCUT2D eigenvalue weighted by atomic mass is 10.1. The van der Waals surface area contributed by atoms with Gasteiger partial charge in [-0.2, -0.15) is 0 Å². The molecule has 20 heteroatoms. The molecular weight excluding hydrogens is 564 g/mol. The SMILES string of the molecule is Nc1ncnc2c1ncn2[C@@H]1O[C@H](COP(=O)(O)O[C@H]2C[C@H](n3cccnc3=O)O[C@@H]2COP=O)[C@@H](O)[C@H]1O. The Bertz CT molecular complexity index is 1440. The van der Waals surface area contributed by atoms with E-state index >= 15 is 0 Å². The Hall–Kier alpha value is -2.76. The van der Waals surface area contributed by atoms with Crippen molar-refractivity contribution in [1.29, 1.82) is 0 Å². The molecule has 0 aliphatic carbocycles. The summed E-state index contributed by atoms with van der Waals surface area (Å²) in [5.74, 6) is 0.107. The fourth-order valence-electron chi connectivity index (χ4n) is 4.35. The molecule has 2 fully saturated rings. The van der Waals surface area contributed by atoms with Gasteiger partial charge in [0.1, 0.15) is 48.6 Å². The number of nitrogens with zero attached hydrogens (tertiary/aromatic N) is 6. The van der Waals surface area contributed by atoms with E-state index in [9.17, 15) is 29.0 Å². The van der Waals surface area contributed by atoms with Crippen LogP contribution in [-0.2, 0) is 32.2 Å². The van der Waals surface area contributed by atoms with Crippen LogP contribution >= 0.6 is 16.5 Å². The predicted octanol–water partition coefficient (Wildman–Crippen LogP) is -0.702. The third-order valence-corrected chi connectivity index (χ3v) is 7.46. The summed E-state index contributed by atoms with van der Waals surface area (Å²) >= 11 is 0. The van der Waals surface area contributed by atoms with Crippen LogP contribution < -0.4 is 11.4 Å². The van der Waals surface area contributed by atoms with Crippen molar-refractivity contribution in [2.45, 2.75) is 49.4 Å². The number of nitrogen functional groups attached to an aromatic ring is 1. The Morgan fingerprint density at radius 1 is 1.13 bits per heavy atom. The van der Waals surface area contributed by atoms with E-state index in [0.717, 1.165) is 4.57 Å². The number of aliphatic hydroxyl groups excluding tert-OH is 2. The standard InChI is InChI=1S/C19H23N7O11P2/c20-16-13-17(23-7-22-16)26(8-24-13)18-15(28)14(27)11(36-18)6-34-39(31,32)37-9-4-12(35-10(9)5-33-38-30)25-3-1-2-21-19(25)29/h1-3,7-12,14-15,18,27-28H,4-6H2,(H,31,32)(H2,20,22,23)/t9-,10+,11+,12+,14+,15+,18+/m0/s1. The Labute approximate surface area is 220 Å². The molecule has 18 nitrogen and oxygen atoms in total. The van der Waals surface area contributed by atoms with Crippen molar-refractivity contribution in [3.8, 4) is 0 Å². The predicted molar refractivity (Wildman–Crippen MR) is 127 cm³/mol. The Balaban J connectivity index is 1.24. The van der Waals surface area contributed by atoms with Crippen LogP contribution in [0, 0.1) is 0 Å². The zero-order valence-electron chi connectivity index (χ0n) is 19.8. The molecule has 5 N–H and O–H groups in total. The maximum Gasteiger partial charge on any atom is 0.472 e. The topological polar surface area (TPSA) is 245 Å². The number of hydrogen-bond donors (Lipinski definition) is 4. The molecule has 1 unspecified atom stereocenters. The maximum absolute atomic E-state index is 12.8. The highest BCUT2D eigenvalue weighted by Gasteiger charge is 2.47. The van der Waals surface area contributed by atoms with Crippen LogP contribution in [0.2, 0.25) is 0 Å². The lowest BCUT2D eigenvalue weighted by molar-refractivity contribution is -0.0573. The summed E-state index contributed by atoms with van der Waals surface area (Å²) in [5, 5.41) is 21.1. The van der Waals surface area contributed by atoms with Crippen LogP contribution in [0.4, 0.5) is 5.82 Å². The Kier molecular flexibility index (Phi) is 8.11. The van der Waals surface area contributed by atoms with E-state index in [-0.39, 0.29) is 30.0 Å². The molecule has 2 aliphatic heterocycles. The number of aromatic nitrogens is 6. The van der Waals surface area contributed by atoms with Crippen molar-refractivity contribution in [3.05, 3.63) is 41.6 Å². The number of imidazole rings is 1. The smallest absolute Gasteiger partial charge is 0.387 e. The van der Waals surface area contributed by atoms with E-state index in [1.54, 1.807) is 0 Å². The van der Waals surface area contributed by atoms with Gasteiger partial charge < -0.3 is 30.3 Å². The van der Waals surface area contributed by atoms with Crippen molar-refractivity contribution < 1.29 is 47.3 Å². The number of anilines is 1. The molecule has 0 radical (unpaired) electrons. The maximum atomic E-state index is 12.8. The molecule has 39 heavy (non-hydrogen) atoms. The third kappa shape index (κ3) is 5.76. The molecule has 8 atom stereocenters. The Morgan fingerprint density at radius 2 is 1.95 bits per heavy atom. The normalized spacial score (nSPS) is 30.7. The highest BCUT2D eigenvalue weighted by atomic mass is 31.2. The first-order valence-corrected chi connectivity index (χ1v) is 13.6. The summed E-state index contributed by atoms with van der Waals surface area (Å²) in [7, 11) is -5.46. The molecular formula is C19H23N7O11P2. The molecule has 2 aliphatic rings. The van der Waals surface area contributed by atoms with Crippen LogP contribution in [0.5, 0.6) is 0 Å². The van der Waals surface area contributed by atoms with Crippen molar-refractivity contribution >= 4 is 33.5 Å². The lowest BCUT2D eigenvalue weighted by Gasteiger charge is -2.22. The molecule has 210 valence electrons. The highest BCUT2D eigenvalue weighted by molar-refractivity contribution is 7.47. The van der Waals surface area contributed by atoms with Gasteiger partial charge in [-0.25, -0.2) is 33.9 Å². The number of phosphoric acid groups is 1. The summed E-state index contributed by atoms with van der Waals surface area (Å²) in [6.07, 6.45) is -3.26. The van der Waals surface area contributed by atoms with Crippen LogP contribution in [0.3, 0.4) is 0 Å². The zero-order valence-corrected chi connectivity index (χ0v) is 21.6. The van der Waals surface area contributed by atoms with E-state index in [0.29, 0.717) is 0 Å². The van der Waals surface area contributed by atoms with Crippen molar-refractivity contribution in [2.24, 2.45) is 0 Å². The molecule has 2 saturated heterocycles. The first-order chi connectivity index (χ1) is 18.7. The highest BCUT2D eigenvalue weighted by Crippen LogP contribution is 2.49. The van der Waals surface area contributed by atoms with Crippen LogP contribution in [0.1, 0.15) is 18.9 Å². The molecule has 3 aromatic heterocycles. The molecule has 5 heterocycles. The first-order valence-electron chi connectivity index (χ1n) is 11.4. The quantitative estimate of drug-likeness (QED) is 0.214. The van der Waals surface area contributed by atoms with E-state index in [1.165, 1.54) is 35.7 Å². The van der Waals surface area contributed by atoms with Gasteiger partial charge in [-0.3, -0.25) is 22.7 Å². The lowest BCUT2D eigenvalue weighted by Crippen LogP contribution is -2.34. The van der Waals surface area contributed by atoms with Gasteiger partial charge >= 0.3 is 22.2 Å². The van der Waals surface area contributed by atoms with Gasteiger partial charge in [-0.15, -0.1) is 0 Å². The van der Waals surface area contributed by atoms with Crippen molar-refractivity contribution in [3.63, 3.8) is 0 Å². The van der Waals surface area contributed by atoms with E-state index in [2.05, 4.69) is 19.9 Å². The van der Waals surface area contributed by atoms with E-state index < -0.39 is 71.8 Å². The van der Waals surface area contributed by atoms with Crippen molar-refractivity contribution in [2.75, 3.05) is 18.9 Å². The second kappa shape index (κ2) is 11.4. The van der Waals surface area contributed by atoms with Gasteiger partial charge in [0.2, 0.25) is 0 Å². The molecule has 0 spiro atoms. The average molecular weight is 587 g/mol. The second-order valence-electron chi connectivity index (χ2n) is 8.58. The van der Waals surface area contributed by atoms with Gasteiger partial charge in [-0.05, 0) is 6.07 Å². The molecule has 0 aromatic carbocycles. The van der Waals surface area contributed by atoms with Gasteiger partial charge in [0, 0.05) is 18.8 Å². The minimum Gasteiger partial charge on any atom is -0.387 e. The first kappa shape index (κ1) is 27.8. The Morgan fingerprint density at radius 3 is 2.72 bits per heavy atom. The monoisotopic (exact) mass is 587 g/mol. The van der Waals surface area contributed by atoms with Crippen LogP contribution in [0.25, 0.3) is 11.2 Å². The number of aliphatic hydroxyl groups is 2. The summed E-state index contributed by atoms with van der Waals surface area (Å²) < 4.78 is 52.6. The summed E-state index contributed by atoms with van der Waals surface area (Å²) in [6.45, 7) is -0.932. The number of rotatable bonds is 10. The number of ether oxygens (including phenoxy) is 2. The summed E-state index contributed by atoms with van der Waals surface area (Å²) in [5.41, 5.74) is 5.67. The second-order valence-corrected chi connectivity index (χ2v) is 10.4. The van der Waals surface area contributed by atoms with Gasteiger partial charge in [-0.1, -0.05) is 0 Å². The molecule has 0 amide bonds. The van der Waals surface area contributed by atoms with Crippen molar-refractivity contribution in [1.82, 2.24) is 29.1 Å². The molecule has 0 saturated carbocycles. The van der Waals surface area contributed by atoms with Gasteiger partial charge in [0.15, 0.2) is 17.7 Å². The molecule has 0 bridgehead atoms. The van der Waals surface area contributed by atoms with Crippen LogP contribution in [0.15, 0.2) is 35.9 Å². The number of nitrogens with two attached hydrogens (primary N) is 1. The molecule has 5 rings (SSSR count). The minimum absolute atomic E-state index is 0.0642. The minimum atomic E-state index is -4.81. The molecule has 3 aromatic rings. The van der Waals surface area contributed by atoms with Crippen LogP contribution in [-0.4, -0.2) is 87.9 Å². The zero-order chi connectivity index (χ0) is 27.7. The number of fused-ring (bicyclic) bond motifs is 1. The number of hydrogen-bond acceptors (Lipinski definition) is 15. The summed E-state index contributed by atoms with van der Waals surface area (Å²) in [6, 6.07) is 1.50. The van der Waals surface area contributed by atoms with E-state index in [1.807, 2.05) is 0 Å². The summed E-state index contributed by atoms with van der Waals surface area (Å²) in [4.78, 5) is 38.1. The largest absolute Gasteiger partial charge is 0.472 e. The fraction of sp³-hybridized carbons (Fsp3) is 0.526. The number of phosphoric ester groups is 1. The average Bonchev–Trinajstić information content (AvgIpc) is 3.59. The fourth-order valence-corrected chi connectivity index (χ4v) is 5.51. The van der Waals surface area contributed by atoms with E-state index in [4.69, 9.17) is 28.8 Å². The third-order valence-electron chi connectivity index (χ3n) is 6.19.